The second-order valence-corrected chi connectivity index (χ2v) is 4.18. The van der Waals surface area contributed by atoms with Crippen LogP contribution in [-0.2, 0) is 0 Å². The van der Waals surface area contributed by atoms with E-state index in [2.05, 4.69) is 15.5 Å². The summed E-state index contributed by atoms with van der Waals surface area (Å²) >= 11 is 0. The summed E-state index contributed by atoms with van der Waals surface area (Å²) in [7, 11) is 0. The van der Waals surface area contributed by atoms with Crippen LogP contribution in [0.5, 0.6) is 0 Å². The first-order valence-electron chi connectivity index (χ1n) is 6.13. The van der Waals surface area contributed by atoms with Crippen LogP contribution >= 0.6 is 0 Å². The number of nitrogens with one attached hydrogen (secondary N) is 1. The highest BCUT2D eigenvalue weighted by molar-refractivity contribution is 5.62. The van der Waals surface area contributed by atoms with Crippen molar-refractivity contribution >= 4 is 11.3 Å². The van der Waals surface area contributed by atoms with Crippen LogP contribution < -0.4 is 5.32 Å². The van der Waals surface area contributed by atoms with Crippen molar-refractivity contribution < 1.29 is 5.11 Å². The van der Waals surface area contributed by atoms with Crippen LogP contribution in [0.4, 0.5) is 5.69 Å². The lowest BCUT2D eigenvalue weighted by atomic mass is 10.2. The summed E-state index contributed by atoms with van der Waals surface area (Å²) in [4.78, 5) is 0. The molecule has 2 heterocycles. The fourth-order valence-electron chi connectivity index (χ4n) is 1.98. The molecule has 0 atom stereocenters. The van der Waals surface area contributed by atoms with Crippen molar-refractivity contribution in [2.24, 2.45) is 0 Å². The molecule has 0 spiro atoms. The number of pyridine rings is 1. The fourth-order valence-corrected chi connectivity index (χ4v) is 1.98. The van der Waals surface area contributed by atoms with Gasteiger partial charge in [-0.25, -0.2) is 0 Å². The standard InChI is InChI=1S/C14H14N4O/c19-10-8-15-12-6-4-11(5-7-12)14-17-16-13-3-1-2-9-18(13)14/h1-7,9,15,19H,8,10H2. The van der Waals surface area contributed by atoms with E-state index in [-0.39, 0.29) is 6.61 Å². The third-order valence-electron chi connectivity index (χ3n) is 2.90. The molecule has 5 heteroatoms. The Bertz CT molecular complexity index is 675. The molecule has 2 aromatic heterocycles. The SMILES string of the molecule is OCCNc1ccc(-c2nnc3ccccn23)cc1. The van der Waals surface area contributed by atoms with Gasteiger partial charge in [0.15, 0.2) is 11.5 Å². The summed E-state index contributed by atoms with van der Waals surface area (Å²) in [6, 6.07) is 13.7. The van der Waals surface area contributed by atoms with Gasteiger partial charge < -0.3 is 10.4 Å². The topological polar surface area (TPSA) is 62.5 Å². The van der Waals surface area contributed by atoms with Gasteiger partial charge in [0.2, 0.25) is 0 Å². The largest absolute Gasteiger partial charge is 0.395 e. The van der Waals surface area contributed by atoms with E-state index >= 15 is 0 Å². The maximum atomic E-state index is 8.77. The number of fused-ring (bicyclic) bond motifs is 1. The molecule has 0 aliphatic carbocycles. The van der Waals surface area contributed by atoms with Crippen molar-refractivity contribution in [1.82, 2.24) is 14.6 Å². The van der Waals surface area contributed by atoms with E-state index < -0.39 is 0 Å². The summed E-state index contributed by atoms with van der Waals surface area (Å²) in [5.74, 6) is 0.823. The molecule has 0 saturated heterocycles. The first-order valence-corrected chi connectivity index (χ1v) is 6.13. The Balaban J connectivity index is 1.93. The van der Waals surface area contributed by atoms with Gasteiger partial charge in [-0.15, -0.1) is 10.2 Å². The van der Waals surface area contributed by atoms with Gasteiger partial charge in [0.05, 0.1) is 6.61 Å². The Morgan fingerprint density at radius 2 is 1.89 bits per heavy atom. The molecular formula is C14H14N4O. The van der Waals surface area contributed by atoms with E-state index in [0.717, 1.165) is 22.7 Å². The molecule has 5 nitrogen and oxygen atoms in total. The van der Waals surface area contributed by atoms with Crippen molar-refractivity contribution in [1.29, 1.82) is 0 Å². The highest BCUT2D eigenvalue weighted by atomic mass is 16.3. The van der Waals surface area contributed by atoms with Gasteiger partial charge in [-0.05, 0) is 36.4 Å². The summed E-state index contributed by atoms with van der Waals surface area (Å²) in [5.41, 5.74) is 2.82. The van der Waals surface area contributed by atoms with Crippen LogP contribution in [0.1, 0.15) is 0 Å². The Morgan fingerprint density at radius 3 is 2.68 bits per heavy atom. The van der Waals surface area contributed by atoms with Crippen molar-refractivity contribution in [3.8, 4) is 11.4 Å². The minimum atomic E-state index is 0.122. The van der Waals surface area contributed by atoms with Gasteiger partial charge in [0, 0.05) is 24.0 Å². The Morgan fingerprint density at radius 1 is 1.05 bits per heavy atom. The molecular weight excluding hydrogens is 240 g/mol. The highest BCUT2D eigenvalue weighted by Gasteiger charge is 2.06. The van der Waals surface area contributed by atoms with E-state index in [9.17, 15) is 0 Å². The van der Waals surface area contributed by atoms with Gasteiger partial charge in [-0.1, -0.05) is 6.07 Å². The summed E-state index contributed by atoms with van der Waals surface area (Å²) in [6.45, 7) is 0.670. The Kier molecular flexibility index (Phi) is 3.12. The molecule has 2 N–H and O–H groups in total. The monoisotopic (exact) mass is 254 g/mol. The molecule has 0 unspecified atom stereocenters. The molecule has 0 bridgehead atoms. The van der Waals surface area contributed by atoms with Crippen LogP contribution in [0.25, 0.3) is 17.0 Å². The normalized spacial score (nSPS) is 10.8. The third kappa shape index (κ3) is 2.28. The molecule has 0 radical (unpaired) electrons. The van der Waals surface area contributed by atoms with Crippen molar-refractivity contribution in [2.75, 3.05) is 18.5 Å². The number of anilines is 1. The molecule has 1 aromatic carbocycles. The van der Waals surface area contributed by atoms with E-state index in [1.807, 2.05) is 53.1 Å². The number of hydrogen-bond donors (Lipinski definition) is 2. The van der Waals surface area contributed by atoms with Gasteiger partial charge in [0.25, 0.3) is 0 Å². The van der Waals surface area contributed by atoms with Gasteiger partial charge >= 0.3 is 0 Å². The summed E-state index contributed by atoms with van der Waals surface area (Å²) in [6.07, 6.45) is 1.95. The zero-order valence-electron chi connectivity index (χ0n) is 10.3. The number of aliphatic hydroxyl groups is 1. The second kappa shape index (κ2) is 5.07. The van der Waals surface area contributed by atoms with E-state index in [4.69, 9.17) is 5.11 Å². The van der Waals surface area contributed by atoms with Crippen LogP contribution in [0.2, 0.25) is 0 Å². The molecule has 0 amide bonds. The van der Waals surface area contributed by atoms with E-state index in [1.165, 1.54) is 0 Å². The van der Waals surface area contributed by atoms with Gasteiger partial charge in [0.1, 0.15) is 0 Å². The molecule has 0 aliphatic heterocycles. The van der Waals surface area contributed by atoms with Crippen molar-refractivity contribution in [3.63, 3.8) is 0 Å². The minimum Gasteiger partial charge on any atom is -0.395 e. The Labute approximate surface area is 110 Å². The predicted molar refractivity (Wildman–Crippen MR) is 74.0 cm³/mol. The van der Waals surface area contributed by atoms with Crippen LogP contribution in [0.3, 0.4) is 0 Å². The molecule has 19 heavy (non-hydrogen) atoms. The second-order valence-electron chi connectivity index (χ2n) is 4.18. The first kappa shape index (κ1) is 11.7. The Hall–Kier alpha value is -2.40. The molecule has 96 valence electrons. The zero-order chi connectivity index (χ0) is 13.1. The quantitative estimate of drug-likeness (QED) is 0.745. The maximum Gasteiger partial charge on any atom is 0.168 e. The van der Waals surface area contributed by atoms with Crippen LogP contribution in [0.15, 0.2) is 48.7 Å². The van der Waals surface area contributed by atoms with Crippen molar-refractivity contribution in [3.05, 3.63) is 48.7 Å². The number of benzene rings is 1. The van der Waals surface area contributed by atoms with E-state index in [1.54, 1.807) is 0 Å². The maximum absolute atomic E-state index is 8.77. The van der Waals surface area contributed by atoms with Crippen molar-refractivity contribution in [2.45, 2.75) is 0 Å². The lowest BCUT2D eigenvalue weighted by molar-refractivity contribution is 0.311. The van der Waals surface area contributed by atoms with Crippen LogP contribution in [0, 0.1) is 0 Å². The number of rotatable bonds is 4. The summed E-state index contributed by atoms with van der Waals surface area (Å²) in [5, 5.41) is 20.2. The average molecular weight is 254 g/mol. The average Bonchev–Trinajstić information content (AvgIpc) is 2.90. The molecule has 3 aromatic rings. The highest BCUT2D eigenvalue weighted by Crippen LogP contribution is 2.20. The van der Waals surface area contributed by atoms with Gasteiger partial charge in [-0.2, -0.15) is 0 Å². The zero-order valence-corrected chi connectivity index (χ0v) is 10.3. The minimum absolute atomic E-state index is 0.122. The smallest absolute Gasteiger partial charge is 0.168 e. The number of aromatic nitrogens is 3. The van der Waals surface area contributed by atoms with Gasteiger partial charge in [-0.3, -0.25) is 4.40 Å². The molecule has 0 aliphatic rings. The lowest BCUT2D eigenvalue weighted by Crippen LogP contribution is -2.04. The molecule has 0 fully saturated rings. The number of aliphatic hydroxyl groups excluding tert-OH is 1. The molecule has 0 saturated carbocycles. The van der Waals surface area contributed by atoms with E-state index in [0.29, 0.717) is 6.54 Å². The predicted octanol–water partition coefficient (Wildman–Crippen LogP) is 1.80. The van der Waals surface area contributed by atoms with Crippen LogP contribution in [-0.4, -0.2) is 32.9 Å². The fraction of sp³-hybridized carbons (Fsp3) is 0.143. The molecule has 3 rings (SSSR count). The number of hydrogen-bond acceptors (Lipinski definition) is 4. The number of nitrogens with zero attached hydrogens (tertiary/aromatic N) is 3. The third-order valence-corrected chi connectivity index (χ3v) is 2.90. The lowest BCUT2D eigenvalue weighted by Gasteiger charge is -2.05. The summed E-state index contributed by atoms with van der Waals surface area (Å²) < 4.78 is 1.95. The first-order chi connectivity index (χ1) is 9.38.